The molecule has 0 spiro atoms. The van der Waals surface area contributed by atoms with Gasteiger partial charge in [-0.25, -0.2) is 0 Å². The van der Waals surface area contributed by atoms with Gasteiger partial charge in [0.15, 0.2) is 0 Å². The molecule has 0 aliphatic carbocycles. The van der Waals surface area contributed by atoms with Crippen LogP contribution in [0.3, 0.4) is 0 Å². The SMILES string of the molecule is CC(C)N(CCN)C(=O)c1ccoc1. The first-order valence-corrected chi connectivity index (χ1v) is 4.70. The molecular weight excluding hydrogens is 180 g/mol. The van der Waals surface area contributed by atoms with Crippen LogP contribution in [0, 0.1) is 0 Å². The zero-order chi connectivity index (χ0) is 10.6. The Labute approximate surface area is 83.7 Å². The Kier molecular flexibility index (Phi) is 3.71. The van der Waals surface area contributed by atoms with Crippen LogP contribution < -0.4 is 5.73 Å². The summed E-state index contributed by atoms with van der Waals surface area (Å²) in [6, 6.07) is 1.81. The maximum atomic E-state index is 11.8. The van der Waals surface area contributed by atoms with E-state index in [0.29, 0.717) is 18.7 Å². The van der Waals surface area contributed by atoms with E-state index in [1.807, 2.05) is 13.8 Å². The number of carbonyl (C=O) groups is 1. The van der Waals surface area contributed by atoms with Gasteiger partial charge in [0.1, 0.15) is 6.26 Å². The normalized spacial score (nSPS) is 10.6. The smallest absolute Gasteiger partial charge is 0.257 e. The fourth-order valence-electron chi connectivity index (χ4n) is 1.29. The second kappa shape index (κ2) is 4.81. The molecule has 1 aromatic heterocycles. The number of amides is 1. The Morgan fingerprint density at radius 3 is 2.79 bits per heavy atom. The maximum Gasteiger partial charge on any atom is 0.257 e. The van der Waals surface area contributed by atoms with Crippen LogP contribution in [-0.4, -0.2) is 29.9 Å². The van der Waals surface area contributed by atoms with Crippen LogP contribution >= 0.6 is 0 Å². The molecule has 0 aliphatic heterocycles. The van der Waals surface area contributed by atoms with Crippen molar-refractivity contribution in [3.05, 3.63) is 24.2 Å². The Bertz CT molecular complexity index is 280. The second-order valence-electron chi connectivity index (χ2n) is 3.39. The molecule has 2 N–H and O–H groups in total. The Morgan fingerprint density at radius 2 is 2.36 bits per heavy atom. The molecular formula is C10H16N2O2. The molecule has 0 saturated carbocycles. The molecule has 0 fully saturated rings. The van der Waals surface area contributed by atoms with Gasteiger partial charge in [-0.05, 0) is 19.9 Å². The van der Waals surface area contributed by atoms with Crippen molar-refractivity contribution in [2.45, 2.75) is 19.9 Å². The molecule has 0 unspecified atom stereocenters. The average Bonchev–Trinajstić information content (AvgIpc) is 2.65. The number of hydrogen-bond acceptors (Lipinski definition) is 3. The van der Waals surface area contributed by atoms with E-state index in [1.54, 1.807) is 11.0 Å². The number of nitrogens with zero attached hydrogens (tertiary/aromatic N) is 1. The van der Waals surface area contributed by atoms with Gasteiger partial charge in [-0.3, -0.25) is 4.79 Å². The first kappa shape index (κ1) is 10.8. The highest BCUT2D eigenvalue weighted by atomic mass is 16.3. The first-order chi connectivity index (χ1) is 6.66. The van der Waals surface area contributed by atoms with Crippen molar-refractivity contribution in [2.24, 2.45) is 5.73 Å². The highest BCUT2D eigenvalue weighted by Crippen LogP contribution is 2.08. The van der Waals surface area contributed by atoms with Gasteiger partial charge in [-0.1, -0.05) is 0 Å². The van der Waals surface area contributed by atoms with Crippen LogP contribution in [0.2, 0.25) is 0 Å². The summed E-state index contributed by atoms with van der Waals surface area (Å²) >= 11 is 0. The van der Waals surface area contributed by atoms with Crippen molar-refractivity contribution in [3.63, 3.8) is 0 Å². The average molecular weight is 196 g/mol. The van der Waals surface area contributed by atoms with E-state index < -0.39 is 0 Å². The second-order valence-corrected chi connectivity index (χ2v) is 3.39. The van der Waals surface area contributed by atoms with Gasteiger partial charge in [-0.2, -0.15) is 0 Å². The fraction of sp³-hybridized carbons (Fsp3) is 0.500. The van der Waals surface area contributed by atoms with Crippen molar-refractivity contribution >= 4 is 5.91 Å². The minimum Gasteiger partial charge on any atom is -0.472 e. The molecule has 1 heterocycles. The lowest BCUT2D eigenvalue weighted by atomic mass is 10.2. The number of nitrogens with two attached hydrogens (primary N) is 1. The van der Waals surface area contributed by atoms with E-state index in [-0.39, 0.29) is 11.9 Å². The van der Waals surface area contributed by atoms with Crippen molar-refractivity contribution in [1.82, 2.24) is 4.90 Å². The first-order valence-electron chi connectivity index (χ1n) is 4.70. The Balaban J connectivity index is 2.74. The summed E-state index contributed by atoms with van der Waals surface area (Å²) in [4.78, 5) is 13.6. The number of furan rings is 1. The van der Waals surface area contributed by atoms with Crippen LogP contribution in [0.25, 0.3) is 0 Å². The summed E-state index contributed by atoms with van der Waals surface area (Å²) in [5, 5.41) is 0. The molecule has 0 atom stereocenters. The number of rotatable bonds is 4. The zero-order valence-corrected chi connectivity index (χ0v) is 8.56. The summed E-state index contributed by atoms with van der Waals surface area (Å²) < 4.78 is 4.86. The third kappa shape index (κ3) is 2.35. The van der Waals surface area contributed by atoms with Crippen LogP contribution in [0.1, 0.15) is 24.2 Å². The lowest BCUT2D eigenvalue weighted by Gasteiger charge is -2.25. The van der Waals surface area contributed by atoms with Gasteiger partial charge in [0.25, 0.3) is 5.91 Å². The van der Waals surface area contributed by atoms with Gasteiger partial charge in [0.2, 0.25) is 0 Å². The monoisotopic (exact) mass is 196 g/mol. The quantitative estimate of drug-likeness (QED) is 0.784. The molecule has 0 aromatic carbocycles. The van der Waals surface area contributed by atoms with E-state index in [1.165, 1.54) is 12.5 Å². The van der Waals surface area contributed by atoms with Gasteiger partial charge >= 0.3 is 0 Å². The van der Waals surface area contributed by atoms with Crippen molar-refractivity contribution in [2.75, 3.05) is 13.1 Å². The topological polar surface area (TPSA) is 59.5 Å². The molecule has 1 aromatic rings. The van der Waals surface area contributed by atoms with E-state index in [9.17, 15) is 4.79 Å². The maximum absolute atomic E-state index is 11.8. The van der Waals surface area contributed by atoms with Crippen LogP contribution in [-0.2, 0) is 0 Å². The Morgan fingerprint density at radius 1 is 1.64 bits per heavy atom. The summed E-state index contributed by atoms with van der Waals surface area (Å²) in [5.74, 6) is -0.0285. The molecule has 0 radical (unpaired) electrons. The van der Waals surface area contributed by atoms with Gasteiger partial charge in [-0.15, -0.1) is 0 Å². The highest BCUT2D eigenvalue weighted by Gasteiger charge is 2.18. The largest absolute Gasteiger partial charge is 0.472 e. The molecule has 78 valence electrons. The predicted octanol–water partition coefficient (Wildman–Crippen LogP) is 1.09. The molecule has 1 amide bonds. The lowest BCUT2D eigenvalue weighted by Crippen LogP contribution is -2.40. The number of carbonyl (C=O) groups excluding carboxylic acids is 1. The van der Waals surface area contributed by atoms with Crippen LogP contribution in [0.15, 0.2) is 23.0 Å². The Hall–Kier alpha value is -1.29. The minimum absolute atomic E-state index is 0.0285. The summed E-state index contributed by atoms with van der Waals surface area (Å²) in [6.07, 6.45) is 2.95. The van der Waals surface area contributed by atoms with Gasteiger partial charge in [0, 0.05) is 19.1 Å². The summed E-state index contributed by atoms with van der Waals surface area (Å²) in [7, 11) is 0. The number of hydrogen-bond donors (Lipinski definition) is 1. The minimum atomic E-state index is -0.0285. The highest BCUT2D eigenvalue weighted by molar-refractivity contribution is 5.94. The van der Waals surface area contributed by atoms with E-state index in [0.717, 1.165) is 0 Å². The molecule has 0 bridgehead atoms. The van der Waals surface area contributed by atoms with Crippen molar-refractivity contribution in [1.29, 1.82) is 0 Å². The van der Waals surface area contributed by atoms with Crippen LogP contribution in [0.5, 0.6) is 0 Å². The summed E-state index contributed by atoms with van der Waals surface area (Å²) in [6.45, 7) is 4.98. The third-order valence-corrected chi connectivity index (χ3v) is 2.02. The molecule has 14 heavy (non-hydrogen) atoms. The molecule has 0 aliphatic rings. The van der Waals surface area contributed by atoms with E-state index in [4.69, 9.17) is 10.2 Å². The molecule has 1 rings (SSSR count). The van der Waals surface area contributed by atoms with Crippen molar-refractivity contribution in [3.8, 4) is 0 Å². The standard InChI is InChI=1S/C10H16N2O2/c1-8(2)12(5-4-11)10(13)9-3-6-14-7-9/h3,6-8H,4-5,11H2,1-2H3. The molecule has 4 heteroatoms. The van der Waals surface area contributed by atoms with Gasteiger partial charge in [0.05, 0.1) is 11.8 Å². The van der Waals surface area contributed by atoms with Gasteiger partial charge < -0.3 is 15.1 Å². The van der Waals surface area contributed by atoms with Crippen LogP contribution in [0.4, 0.5) is 0 Å². The fourth-order valence-corrected chi connectivity index (χ4v) is 1.29. The van der Waals surface area contributed by atoms with Crippen molar-refractivity contribution < 1.29 is 9.21 Å². The molecule has 4 nitrogen and oxygen atoms in total. The van der Waals surface area contributed by atoms with E-state index >= 15 is 0 Å². The third-order valence-electron chi connectivity index (χ3n) is 2.02. The molecule has 0 saturated heterocycles. The lowest BCUT2D eigenvalue weighted by molar-refractivity contribution is 0.0711. The van der Waals surface area contributed by atoms with E-state index in [2.05, 4.69) is 0 Å². The zero-order valence-electron chi connectivity index (χ0n) is 8.56. The summed E-state index contributed by atoms with van der Waals surface area (Å²) in [5.41, 5.74) is 6.02. The predicted molar refractivity (Wildman–Crippen MR) is 53.9 cm³/mol.